The number of hydrogen-bond donors (Lipinski definition) is 1. The molecule has 3 rings (SSSR count). The first-order valence-corrected chi connectivity index (χ1v) is 14.5. The van der Waals surface area contributed by atoms with Gasteiger partial charge >= 0.3 is 5.97 Å². The van der Waals surface area contributed by atoms with Crippen LogP contribution in [0.1, 0.15) is 79.1 Å². The number of rotatable bonds is 16. The molecule has 3 heterocycles. The van der Waals surface area contributed by atoms with Crippen LogP contribution in [0.5, 0.6) is 0 Å². The number of amides is 2. The smallest absolute Gasteiger partial charge is 0.312 e. The summed E-state index contributed by atoms with van der Waals surface area (Å²) in [6.07, 6.45) is 9.51. The number of aliphatic hydroxyl groups is 1. The lowest BCUT2D eigenvalue weighted by Gasteiger charge is -2.41. The fourth-order valence-corrected chi connectivity index (χ4v) is 6.79. The van der Waals surface area contributed by atoms with E-state index in [1.165, 1.54) is 0 Å². The number of esters is 1. The molecule has 0 aromatic carbocycles. The molecule has 2 unspecified atom stereocenters. The molecule has 214 valence electrons. The van der Waals surface area contributed by atoms with E-state index in [0.717, 1.165) is 32.1 Å². The lowest BCUT2D eigenvalue weighted by molar-refractivity contribution is -0.162. The van der Waals surface area contributed by atoms with Gasteiger partial charge in [-0.05, 0) is 51.4 Å². The second kappa shape index (κ2) is 12.8. The molecule has 1 spiro atoms. The van der Waals surface area contributed by atoms with Crippen LogP contribution < -0.4 is 0 Å². The number of carbonyl (C=O) groups excluding carboxylic acids is 3. The molecule has 38 heavy (non-hydrogen) atoms. The van der Waals surface area contributed by atoms with Crippen molar-refractivity contribution in [1.29, 1.82) is 0 Å². The van der Waals surface area contributed by atoms with Crippen molar-refractivity contribution < 1.29 is 29.0 Å². The molecule has 8 nitrogen and oxygen atoms in total. The van der Waals surface area contributed by atoms with Crippen LogP contribution in [0.4, 0.5) is 0 Å². The highest BCUT2D eigenvalue weighted by Gasteiger charge is 2.79. The molecule has 0 aromatic rings. The van der Waals surface area contributed by atoms with E-state index in [4.69, 9.17) is 9.47 Å². The van der Waals surface area contributed by atoms with Gasteiger partial charge in [-0.2, -0.15) is 0 Å². The third-order valence-electron chi connectivity index (χ3n) is 9.04. The Morgan fingerprint density at radius 1 is 1.24 bits per heavy atom. The number of carbonyl (C=O) groups is 3. The summed E-state index contributed by atoms with van der Waals surface area (Å²) in [5, 5.41) is 10.5. The average molecular weight is 533 g/mol. The largest absolute Gasteiger partial charge is 0.465 e. The topological polar surface area (TPSA) is 96.4 Å². The first-order chi connectivity index (χ1) is 18.2. The van der Waals surface area contributed by atoms with Crippen molar-refractivity contribution in [2.45, 2.75) is 102 Å². The molecular weight excluding hydrogens is 484 g/mol. The van der Waals surface area contributed by atoms with Gasteiger partial charge < -0.3 is 24.4 Å². The van der Waals surface area contributed by atoms with Gasteiger partial charge in [-0.1, -0.05) is 45.8 Å². The van der Waals surface area contributed by atoms with Crippen molar-refractivity contribution in [3.05, 3.63) is 25.3 Å². The Kier molecular flexibility index (Phi) is 10.2. The van der Waals surface area contributed by atoms with Gasteiger partial charge in [-0.25, -0.2) is 0 Å². The number of unbranched alkanes of at least 4 members (excludes halogenated alkanes) is 3. The fraction of sp³-hybridized carbons (Fsp3) is 0.767. The molecule has 3 saturated heterocycles. The van der Waals surface area contributed by atoms with E-state index in [9.17, 15) is 19.5 Å². The van der Waals surface area contributed by atoms with Gasteiger partial charge in [-0.15, -0.1) is 13.2 Å². The van der Waals surface area contributed by atoms with E-state index in [1.54, 1.807) is 15.9 Å². The highest BCUT2D eigenvalue weighted by molar-refractivity contribution is 5.98. The number of nitrogens with zero attached hydrogens (tertiary/aromatic N) is 2. The van der Waals surface area contributed by atoms with Gasteiger partial charge in [0.25, 0.3) is 0 Å². The predicted molar refractivity (Wildman–Crippen MR) is 146 cm³/mol. The van der Waals surface area contributed by atoms with Gasteiger partial charge in [0.15, 0.2) is 0 Å². The number of likely N-dealkylation sites (tertiary alicyclic amines) is 1. The quantitative estimate of drug-likeness (QED) is 0.184. The number of hydrogen-bond acceptors (Lipinski definition) is 6. The number of aliphatic hydroxyl groups excluding tert-OH is 1. The van der Waals surface area contributed by atoms with Gasteiger partial charge in [0.2, 0.25) is 11.8 Å². The van der Waals surface area contributed by atoms with Gasteiger partial charge in [-0.3, -0.25) is 14.4 Å². The summed E-state index contributed by atoms with van der Waals surface area (Å²) < 4.78 is 12.4. The summed E-state index contributed by atoms with van der Waals surface area (Å²) >= 11 is 0. The van der Waals surface area contributed by atoms with Crippen molar-refractivity contribution >= 4 is 17.8 Å². The highest BCUT2D eigenvalue weighted by Crippen LogP contribution is 2.64. The normalized spacial score (nSPS) is 31.1. The summed E-state index contributed by atoms with van der Waals surface area (Å²) in [7, 11) is 0. The lowest BCUT2D eigenvalue weighted by Crippen LogP contribution is -2.60. The minimum Gasteiger partial charge on any atom is -0.465 e. The average Bonchev–Trinajstić information content (AvgIpc) is 3.47. The second-order valence-electron chi connectivity index (χ2n) is 11.5. The zero-order valence-electron chi connectivity index (χ0n) is 23.8. The third-order valence-corrected chi connectivity index (χ3v) is 9.04. The van der Waals surface area contributed by atoms with Crippen LogP contribution in [0, 0.1) is 17.8 Å². The zero-order chi connectivity index (χ0) is 28.1. The SMILES string of the molecule is C=CCCCCOC(=O)[C@@H]1[C@H]2C(=O)N([C@@H](CO)[C@@H](C)CC)C(C(=O)N(CC=C)CCCC)C23CC[C@@]1(C)O3. The van der Waals surface area contributed by atoms with Gasteiger partial charge in [0.1, 0.15) is 17.6 Å². The molecule has 1 N–H and O–H groups in total. The zero-order valence-corrected chi connectivity index (χ0v) is 23.8. The summed E-state index contributed by atoms with van der Waals surface area (Å²) in [4.78, 5) is 45.4. The first kappa shape index (κ1) is 30.4. The molecule has 0 aromatic heterocycles. The van der Waals surface area contributed by atoms with E-state index >= 15 is 0 Å². The minimum absolute atomic E-state index is 0.0407. The maximum atomic E-state index is 14.3. The van der Waals surface area contributed by atoms with E-state index in [0.29, 0.717) is 32.4 Å². The van der Waals surface area contributed by atoms with Gasteiger partial charge in [0.05, 0.1) is 30.8 Å². The second-order valence-corrected chi connectivity index (χ2v) is 11.5. The van der Waals surface area contributed by atoms with Gasteiger partial charge in [0, 0.05) is 13.1 Å². The summed E-state index contributed by atoms with van der Waals surface area (Å²) in [5.74, 6) is -2.56. The van der Waals surface area contributed by atoms with E-state index in [-0.39, 0.29) is 30.9 Å². The first-order valence-electron chi connectivity index (χ1n) is 14.5. The minimum atomic E-state index is -1.12. The summed E-state index contributed by atoms with van der Waals surface area (Å²) in [5.41, 5.74) is -2.00. The Hall–Kier alpha value is -2.19. The molecule has 0 radical (unpaired) electrons. The summed E-state index contributed by atoms with van der Waals surface area (Å²) in [6, 6.07) is -1.46. The number of fused-ring (bicyclic) bond motifs is 1. The summed E-state index contributed by atoms with van der Waals surface area (Å²) in [6.45, 7) is 16.4. The van der Waals surface area contributed by atoms with Crippen molar-refractivity contribution in [3.63, 3.8) is 0 Å². The maximum Gasteiger partial charge on any atom is 0.312 e. The Labute approximate surface area is 228 Å². The molecule has 2 amide bonds. The molecule has 3 aliphatic heterocycles. The molecular formula is C30H48N2O6. The van der Waals surface area contributed by atoms with Crippen LogP contribution in [0.3, 0.4) is 0 Å². The van der Waals surface area contributed by atoms with Crippen molar-refractivity contribution in [3.8, 4) is 0 Å². The van der Waals surface area contributed by atoms with Crippen LogP contribution in [-0.4, -0.2) is 82.3 Å². The Balaban J connectivity index is 2.02. The Morgan fingerprint density at radius 2 is 1.97 bits per heavy atom. The van der Waals surface area contributed by atoms with Crippen LogP contribution in [0.25, 0.3) is 0 Å². The number of allylic oxidation sites excluding steroid dienone is 1. The van der Waals surface area contributed by atoms with Crippen molar-refractivity contribution in [1.82, 2.24) is 9.80 Å². The third kappa shape index (κ3) is 5.31. The monoisotopic (exact) mass is 532 g/mol. The van der Waals surface area contributed by atoms with E-state index in [2.05, 4.69) is 20.1 Å². The predicted octanol–water partition coefficient (Wildman–Crippen LogP) is 3.87. The fourth-order valence-electron chi connectivity index (χ4n) is 6.79. The molecule has 7 atom stereocenters. The van der Waals surface area contributed by atoms with E-state index < -0.39 is 41.1 Å². The molecule has 2 bridgehead atoms. The van der Waals surface area contributed by atoms with Crippen LogP contribution in [-0.2, 0) is 23.9 Å². The molecule has 3 fully saturated rings. The van der Waals surface area contributed by atoms with Crippen molar-refractivity contribution in [2.24, 2.45) is 17.8 Å². The Bertz CT molecular complexity index is 892. The van der Waals surface area contributed by atoms with Crippen LogP contribution in [0.2, 0.25) is 0 Å². The van der Waals surface area contributed by atoms with E-state index in [1.807, 2.05) is 26.8 Å². The van der Waals surface area contributed by atoms with Crippen LogP contribution in [0.15, 0.2) is 25.3 Å². The molecule has 8 heteroatoms. The molecule has 0 saturated carbocycles. The maximum absolute atomic E-state index is 14.3. The Morgan fingerprint density at radius 3 is 2.58 bits per heavy atom. The lowest BCUT2D eigenvalue weighted by atomic mass is 9.66. The molecule has 3 aliphatic rings. The molecule has 0 aliphatic carbocycles. The highest BCUT2D eigenvalue weighted by atomic mass is 16.6. The van der Waals surface area contributed by atoms with Crippen molar-refractivity contribution in [2.75, 3.05) is 26.3 Å². The van der Waals surface area contributed by atoms with Crippen LogP contribution >= 0.6 is 0 Å². The standard InChI is InChI=1S/C30H48N2O6/c1-7-11-13-14-19-37-28(36)24-23-26(34)32(22(20-33)21(5)10-4)25(30(23)16-15-29(24,6)38-30)27(35)31(17-9-3)18-12-8-2/h7,9,21-25,33H,1,3,8,10-20H2,2,4-6H3/t21-,22-,23-,24-,25?,29+,30?/m0/s1. The number of ether oxygens (including phenoxy) is 2.